The van der Waals surface area contributed by atoms with Crippen molar-refractivity contribution in [2.45, 2.75) is 26.4 Å². The number of pyridine rings is 1. The first-order valence-corrected chi connectivity index (χ1v) is 3.98. The Bertz CT molecular complexity index is 304. The molecule has 0 aliphatic heterocycles. The molecule has 0 saturated heterocycles. The molecule has 1 aromatic rings. The maximum Gasteiger partial charge on any atom is 0.416 e. The molecule has 0 aliphatic rings. The zero-order chi connectivity index (χ0) is 10.1. The highest BCUT2D eigenvalue weighted by Gasteiger charge is 2.32. The Labute approximate surface area is 74.6 Å². The first-order chi connectivity index (χ1) is 5.95. The maximum absolute atomic E-state index is 12.4. The van der Waals surface area contributed by atoms with Gasteiger partial charge in [0.1, 0.15) is 0 Å². The lowest BCUT2D eigenvalue weighted by Gasteiger charge is -2.11. The van der Waals surface area contributed by atoms with Gasteiger partial charge in [0.15, 0.2) is 0 Å². The van der Waals surface area contributed by atoms with Crippen molar-refractivity contribution >= 4 is 0 Å². The third-order valence-electron chi connectivity index (χ3n) is 1.81. The average molecular weight is 189 g/mol. The average Bonchev–Trinajstić information content (AvgIpc) is 2.03. The molecule has 0 radical (unpaired) electrons. The Morgan fingerprint density at radius 2 is 2.00 bits per heavy atom. The molecule has 1 heterocycles. The van der Waals surface area contributed by atoms with Crippen LogP contribution in [0, 0.1) is 6.92 Å². The van der Waals surface area contributed by atoms with Gasteiger partial charge in [-0.3, -0.25) is 4.98 Å². The molecule has 0 atom stereocenters. The number of rotatable bonds is 1. The molecular weight excluding hydrogens is 179 g/mol. The van der Waals surface area contributed by atoms with Gasteiger partial charge in [0.05, 0.1) is 5.56 Å². The van der Waals surface area contributed by atoms with Crippen LogP contribution in [0.4, 0.5) is 13.2 Å². The third-order valence-corrected chi connectivity index (χ3v) is 1.81. The summed E-state index contributed by atoms with van der Waals surface area (Å²) < 4.78 is 37.2. The smallest absolute Gasteiger partial charge is 0.261 e. The molecule has 0 spiro atoms. The minimum absolute atomic E-state index is 0.248. The normalized spacial score (nSPS) is 11.8. The molecule has 0 bridgehead atoms. The number of hydrogen-bond donors (Lipinski definition) is 0. The molecule has 0 unspecified atom stereocenters. The monoisotopic (exact) mass is 189 g/mol. The number of halogens is 3. The van der Waals surface area contributed by atoms with Gasteiger partial charge in [0, 0.05) is 11.9 Å². The van der Waals surface area contributed by atoms with Crippen molar-refractivity contribution in [2.75, 3.05) is 0 Å². The quantitative estimate of drug-likeness (QED) is 0.661. The number of hydrogen-bond acceptors (Lipinski definition) is 1. The van der Waals surface area contributed by atoms with Gasteiger partial charge in [0.2, 0.25) is 0 Å². The molecular formula is C9H10F3N. The standard InChI is InChI=1S/C9H10F3N/c1-3-7-5-13-6(2)4-8(7)9(10,11)12/h4-5H,3H2,1-2H3. The van der Waals surface area contributed by atoms with Gasteiger partial charge in [-0.25, -0.2) is 0 Å². The Hall–Kier alpha value is -1.06. The van der Waals surface area contributed by atoms with Gasteiger partial charge in [-0.05, 0) is 25.0 Å². The molecule has 0 N–H and O–H groups in total. The number of aromatic nitrogens is 1. The molecule has 1 nitrogen and oxygen atoms in total. The second kappa shape index (κ2) is 3.36. The first-order valence-electron chi connectivity index (χ1n) is 3.98. The molecule has 0 saturated carbocycles. The van der Waals surface area contributed by atoms with Crippen LogP contribution in [-0.4, -0.2) is 4.98 Å². The maximum atomic E-state index is 12.4. The fraction of sp³-hybridized carbons (Fsp3) is 0.444. The van der Waals surface area contributed by atoms with E-state index in [0.29, 0.717) is 12.1 Å². The molecule has 0 aliphatic carbocycles. The minimum Gasteiger partial charge on any atom is -0.261 e. The zero-order valence-electron chi connectivity index (χ0n) is 7.44. The Morgan fingerprint density at radius 1 is 1.38 bits per heavy atom. The summed E-state index contributed by atoms with van der Waals surface area (Å²) in [5, 5.41) is 0. The summed E-state index contributed by atoms with van der Waals surface area (Å²) in [5.41, 5.74) is 0.0742. The van der Waals surface area contributed by atoms with Gasteiger partial charge in [-0.15, -0.1) is 0 Å². The summed E-state index contributed by atoms with van der Waals surface area (Å²) in [6.45, 7) is 3.23. The topological polar surface area (TPSA) is 12.9 Å². The summed E-state index contributed by atoms with van der Waals surface area (Å²) in [5.74, 6) is 0. The van der Waals surface area contributed by atoms with Crippen LogP contribution in [-0.2, 0) is 12.6 Å². The van der Waals surface area contributed by atoms with E-state index in [9.17, 15) is 13.2 Å². The Balaban J connectivity index is 3.24. The van der Waals surface area contributed by atoms with Gasteiger partial charge in [0.25, 0.3) is 0 Å². The van der Waals surface area contributed by atoms with E-state index in [1.807, 2.05) is 0 Å². The van der Waals surface area contributed by atoms with Crippen molar-refractivity contribution in [2.24, 2.45) is 0 Å². The fourth-order valence-corrected chi connectivity index (χ4v) is 1.13. The van der Waals surface area contributed by atoms with Crippen molar-refractivity contribution in [3.63, 3.8) is 0 Å². The summed E-state index contributed by atoms with van der Waals surface area (Å²) in [7, 11) is 0. The van der Waals surface area contributed by atoms with E-state index in [0.717, 1.165) is 6.07 Å². The lowest BCUT2D eigenvalue weighted by atomic mass is 10.1. The molecule has 72 valence electrons. The summed E-state index contributed by atoms with van der Waals surface area (Å²) >= 11 is 0. The van der Waals surface area contributed by atoms with Crippen LogP contribution in [0.3, 0.4) is 0 Å². The Kier molecular flexibility index (Phi) is 2.59. The van der Waals surface area contributed by atoms with E-state index in [2.05, 4.69) is 4.98 Å². The van der Waals surface area contributed by atoms with Crippen molar-refractivity contribution < 1.29 is 13.2 Å². The van der Waals surface area contributed by atoms with Crippen LogP contribution in [0.2, 0.25) is 0 Å². The molecule has 0 fully saturated rings. The largest absolute Gasteiger partial charge is 0.416 e. The highest BCUT2D eigenvalue weighted by Crippen LogP contribution is 2.32. The van der Waals surface area contributed by atoms with Crippen molar-refractivity contribution in [1.29, 1.82) is 0 Å². The predicted octanol–water partition coefficient (Wildman–Crippen LogP) is 2.97. The number of alkyl halides is 3. The lowest BCUT2D eigenvalue weighted by Crippen LogP contribution is -2.09. The third kappa shape index (κ3) is 2.20. The molecule has 13 heavy (non-hydrogen) atoms. The fourth-order valence-electron chi connectivity index (χ4n) is 1.13. The lowest BCUT2D eigenvalue weighted by molar-refractivity contribution is -0.138. The van der Waals surface area contributed by atoms with Crippen LogP contribution >= 0.6 is 0 Å². The van der Waals surface area contributed by atoms with E-state index in [-0.39, 0.29) is 5.56 Å². The molecule has 1 aromatic heterocycles. The van der Waals surface area contributed by atoms with Gasteiger partial charge in [-0.1, -0.05) is 6.92 Å². The highest BCUT2D eigenvalue weighted by molar-refractivity contribution is 5.28. The highest BCUT2D eigenvalue weighted by atomic mass is 19.4. The summed E-state index contributed by atoms with van der Waals surface area (Å²) in [4.78, 5) is 3.82. The first kappa shape index (κ1) is 10.0. The number of nitrogens with zero attached hydrogens (tertiary/aromatic N) is 1. The molecule has 0 aromatic carbocycles. The molecule has 0 amide bonds. The van der Waals surface area contributed by atoms with E-state index in [1.165, 1.54) is 6.20 Å². The molecule has 4 heteroatoms. The van der Waals surface area contributed by atoms with Crippen molar-refractivity contribution in [3.05, 3.63) is 29.1 Å². The SMILES string of the molecule is CCc1cnc(C)cc1C(F)(F)F. The van der Waals surface area contributed by atoms with Crippen LogP contribution in [0.15, 0.2) is 12.3 Å². The van der Waals surface area contributed by atoms with E-state index in [4.69, 9.17) is 0 Å². The summed E-state index contributed by atoms with van der Waals surface area (Å²) in [6, 6.07) is 1.08. The predicted molar refractivity (Wildman–Crippen MR) is 43.4 cm³/mol. The second-order valence-electron chi connectivity index (χ2n) is 2.83. The van der Waals surface area contributed by atoms with Gasteiger partial charge >= 0.3 is 6.18 Å². The Morgan fingerprint density at radius 3 is 2.46 bits per heavy atom. The van der Waals surface area contributed by atoms with E-state index in [1.54, 1.807) is 13.8 Å². The van der Waals surface area contributed by atoms with Crippen molar-refractivity contribution in [3.8, 4) is 0 Å². The van der Waals surface area contributed by atoms with Gasteiger partial charge < -0.3 is 0 Å². The van der Waals surface area contributed by atoms with Crippen LogP contribution in [0.1, 0.15) is 23.7 Å². The summed E-state index contributed by atoms with van der Waals surface area (Å²) in [6.07, 6.45) is -2.63. The number of aryl methyl sites for hydroxylation is 2. The van der Waals surface area contributed by atoms with E-state index < -0.39 is 11.7 Å². The zero-order valence-corrected chi connectivity index (χ0v) is 7.44. The van der Waals surface area contributed by atoms with Crippen molar-refractivity contribution in [1.82, 2.24) is 4.98 Å². The second-order valence-corrected chi connectivity index (χ2v) is 2.83. The van der Waals surface area contributed by atoms with Crippen LogP contribution < -0.4 is 0 Å². The van der Waals surface area contributed by atoms with Crippen LogP contribution in [0.25, 0.3) is 0 Å². The molecule has 1 rings (SSSR count). The minimum atomic E-state index is -4.26. The van der Waals surface area contributed by atoms with Gasteiger partial charge in [-0.2, -0.15) is 13.2 Å². The van der Waals surface area contributed by atoms with Crippen LogP contribution in [0.5, 0.6) is 0 Å². The van der Waals surface area contributed by atoms with E-state index >= 15 is 0 Å².